The Morgan fingerprint density at radius 1 is 1.17 bits per heavy atom. The van der Waals surface area contributed by atoms with E-state index < -0.39 is 11.6 Å². The van der Waals surface area contributed by atoms with E-state index in [1.54, 1.807) is 20.8 Å². The molecule has 2 rings (SSSR count). The summed E-state index contributed by atoms with van der Waals surface area (Å²) >= 11 is 1.19. The lowest BCUT2D eigenvalue weighted by Crippen LogP contribution is -2.25. The fraction of sp³-hybridized carbons (Fsp3) is 0.389. The first-order valence-corrected chi connectivity index (χ1v) is 8.51. The van der Waals surface area contributed by atoms with Gasteiger partial charge in [-0.25, -0.2) is 9.78 Å². The number of Topliss-reactive ketones (excluding diaryl/α,β-unsaturated/α-hetero) is 1. The summed E-state index contributed by atoms with van der Waals surface area (Å²) < 4.78 is 10.8. The third kappa shape index (κ3) is 4.41. The van der Waals surface area contributed by atoms with Gasteiger partial charge < -0.3 is 9.47 Å². The monoisotopic (exact) mass is 347 g/mol. The number of hydrogen-bond acceptors (Lipinski definition) is 6. The van der Waals surface area contributed by atoms with E-state index in [0.717, 1.165) is 11.3 Å². The number of esters is 1. The molecule has 0 radical (unpaired) electrons. The predicted octanol–water partition coefficient (Wildman–Crippen LogP) is 4.37. The standard InChI is InChI=1S/C18H21NO4S/c1-6-22-13-9-7-12(8-10-13)16-19-14(15(24-16)11(2)20)17(21)23-18(3,4)5/h7-10H,6H2,1-5H3. The van der Waals surface area contributed by atoms with Gasteiger partial charge >= 0.3 is 5.97 Å². The minimum Gasteiger partial charge on any atom is -0.494 e. The van der Waals surface area contributed by atoms with Gasteiger partial charge in [0.1, 0.15) is 21.2 Å². The molecule has 24 heavy (non-hydrogen) atoms. The summed E-state index contributed by atoms with van der Waals surface area (Å²) in [4.78, 5) is 28.8. The van der Waals surface area contributed by atoms with Crippen molar-refractivity contribution < 1.29 is 19.1 Å². The Balaban J connectivity index is 2.37. The van der Waals surface area contributed by atoms with Gasteiger partial charge in [0, 0.05) is 12.5 Å². The van der Waals surface area contributed by atoms with Crippen molar-refractivity contribution in [1.82, 2.24) is 4.98 Å². The molecule has 0 fully saturated rings. The quantitative estimate of drug-likeness (QED) is 0.594. The largest absolute Gasteiger partial charge is 0.494 e. The molecular weight excluding hydrogens is 326 g/mol. The third-order valence-electron chi connectivity index (χ3n) is 2.95. The number of thiazole rings is 1. The summed E-state index contributed by atoms with van der Waals surface area (Å²) in [7, 11) is 0. The number of carbonyl (C=O) groups is 2. The summed E-state index contributed by atoms with van der Waals surface area (Å²) in [6.45, 7) is 9.26. The first-order chi connectivity index (χ1) is 11.2. The van der Waals surface area contributed by atoms with Crippen LogP contribution in [0.5, 0.6) is 5.75 Å². The minimum atomic E-state index is -0.645. The molecule has 0 aliphatic heterocycles. The second kappa shape index (κ2) is 7.13. The number of ketones is 1. The lowest BCUT2D eigenvalue weighted by Gasteiger charge is -2.18. The summed E-state index contributed by atoms with van der Waals surface area (Å²) in [6.07, 6.45) is 0. The zero-order valence-corrected chi connectivity index (χ0v) is 15.3. The number of rotatable bonds is 5. The van der Waals surface area contributed by atoms with E-state index in [1.165, 1.54) is 18.3 Å². The topological polar surface area (TPSA) is 65.5 Å². The molecule has 0 amide bonds. The molecule has 1 heterocycles. The Morgan fingerprint density at radius 2 is 1.79 bits per heavy atom. The zero-order chi connectivity index (χ0) is 17.9. The van der Waals surface area contributed by atoms with E-state index in [4.69, 9.17) is 9.47 Å². The maximum absolute atomic E-state index is 12.3. The molecule has 0 bridgehead atoms. The molecule has 0 spiro atoms. The summed E-state index contributed by atoms with van der Waals surface area (Å²) in [5, 5.41) is 0.601. The van der Waals surface area contributed by atoms with E-state index in [0.29, 0.717) is 16.5 Å². The predicted molar refractivity (Wildman–Crippen MR) is 93.9 cm³/mol. The first kappa shape index (κ1) is 18.1. The van der Waals surface area contributed by atoms with Gasteiger partial charge in [-0.2, -0.15) is 0 Å². The summed E-state index contributed by atoms with van der Waals surface area (Å²) in [6, 6.07) is 7.38. The van der Waals surface area contributed by atoms with Crippen LogP contribution in [0, 0.1) is 0 Å². The highest BCUT2D eigenvalue weighted by molar-refractivity contribution is 7.17. The highest BCUT2D eigenvalue weighted by Crippen LogP contribution is 2.30. The highest BCUT2D eigenvalue weighted by atomic mass is 32.1. The van der Waals surface area contributed by atoms with Crippen molar-refractivity contribution >= 4 is 23.1 Å². The lowest BCUT2D eigenvalue weighted by atomic mass is 10.2. The molecule has 0 unspecified atom stereocenters. The molecule has 0 aliphatic rings. The van der Waals surface area contributed by atoms with Crippen molar-refractivity contribution in [2.24, 2.45) is 0 Å². The van der Waals surface area contributed by atoms with Gasteiger partial charge in [0.15, 0.2) is 11.5 Å². The van der Waals surface area contributed by atoms with Crippen molar-refractivity contribution in [1.29, 1.82) is 0 Å². The Bertz CT molecular complexity index is 741. The molecule has 1 aromatic heterocycles. The highest BCUT2D eigenvalue weighted by Gasteiger charge is 2.26. The van der Waals surface area contributed by atoms with Gasteiger partial charge in [-0.3, -0.25) is 4.79 Å². The van der Waals surface area contributed by atoms with Crippen molar-refractivity contribution in [3.8, 4) is 16.3 Å². The lowest BCUT2D eigenvalue weighted by molar-refractivity contribution is 0.00621. The van der Waals surface area contributed by atoms with Crippen LogP contribution in [-0.2, 0) is 4.74 Å². The molecule has 2 aromatic rings. The van der Waals surface area contributed by atoms with Gasteiger partial charge in [-0.1, -0.05) is 0 Å². The van der Waals surface area contributed by atoms with Crippen LogP contribution in [0.15, 0.2) is 24.3 Å². The maximum atomic E-state index is 12.3. The average molecular weight is 347 g/mol. The second-order valence-electron chi connectivity index (χ2n) is 6.21. The number of benzene rings is 1. The Labute approximate surface area is 145 Å². The molecule has 0 saturated heterocycles. The molecule has 128 valence electrons. The molecule has 6 heteroatoms. The van der Waals surface area contributed by atoms with Crippen LogP contribution in [0.1, 0.15) is 54.8 Å². The van der Waals surface area contributed by atoms with Crippen LogP contribution in [0.25, 0.3) is 10.6 Å². The van der Waals surface area contributed by atoms with Crippen molar-refractivity contribution in [3.63, 3.8) is 0 Å². The van der Waals surface area contributed by atoms with Gasteiger partial charge in [-0.15, -0.1) is 11.3 Å². The van der Waals surface area contributed by atoms with E-state index in [-0.39, 0.29) is 11.5 Å². The smallest absolute Gasteiger partial charge is 0.359 e. The fourth-order valence-corrected chi connectivity index (χ4v) is 2.96. The molecule has 0 atom stereocenters. The first-order valence-electron chi connectivity index (χ1n) is 7.69. The van der Waals surface area contributed by atoms with E-state index in [1.807, 2.05) is 31.2 Å². The second-order valence-corrected chi connectivity index (χ2v) is 7.21. The van der Waals surface area contributed by atoms with Gasteiger partial charge in [-0.05, 0) is 52.0 Å². The molecule has 0 N–H and O–H groups in total. The van der Waals surface area contributed by atoms with Gasteiger partial charge in [0.25, 0.3) is 0 Å². The van der Waals surface area contributed by atoms with Crippen LogP contribution < -0.4 is 4.74 Å². The van der Waals surface area contributed by atoms with Crippen molar-refractivity contribution in [2.75, 3.05) is 6.61 Å². The number of hydrogen-bond donors (Lipinski definition) is 0. The summed E-state index contributed by atoms with van der Waals surface area (Å²) in [5.41, 5.74) is 0.251. The molecule has 0 aliphatic carbocycles. The van der Waals surface area contributed by atoms with E-state index in [2.05, 4.69) is 4.98 Å². The SMILES string of the molecule is CCOc1ccc(-c2nc(C(=O)OC(C)(C)C)c(C(C)=O)s2)cc1. The maximum Gasteiger partial charge on any atom is 0.359 e. The van der Waals surface area contributed by atoms with Crippen LogP contribution in [0.4, 0.5) is 0 Å². The average Bonchev–Trinajstić information content (AvgIpc) is 2.92. The Kier molecular flexibility index (Phi) is 5.39. The number of carbonyl (C=O) groups excluding carboxylic acids is 2. The third-order valence-corrected chi connectivity index (χ3v) is 4.16. The normalized spacial score (nSPS) is 11.2. The molecule has 5 nitrogen and oxygen atoms in total. The number of aromatic nitrogens is 1. The fourth-order valence-electron chi connectivity index (χ4n) is 2.01. The van der Waals surface area contributed by atoms with E-state index in [9.17, 15) is 9.59 Å². The van der Waals surface area contributed by atoms with E-state index >= 15 is 0 Å². The van der Waals surface area contributed by atoms with Gasteiger partial charge in [0.05, 0.1) is 6.61 Å². The zero-order valence-electron chi connectivity index (χ0n) is 14.5. The summed E-state index contributed by atoms with van der Waals surface area (Å²) in [5.74, 6) is -0.0244. The van der Waals surface area contributed by atoms with Crippen molar-refractivity contribution in [3.05, 3.63) is 34.8 Å². The number of nitrogens with zero attached hydrogens (tertiary/aromatic N) is 1. The van der Waals surface area contributed by atoms with Crippen molar-refractivity contribution in [2.45, 2.75) is 40.2 Å². The minimum absolute atomic E-state index is 0.0753. The number of ether oxygens (including phenoxy) is 2. The molecular formula is C18H21NO4S. The van der Waals surface area contributed by atoms with Crippen LogP contribution in [0.2, 0.25) is 0 Å². The molecule has 0 saturated carbocycles. The Hall–Kier alpha value is -2.21. The Morgan fingerprint density at radius 3 is 2.29 bits per heavy atom. The van der Waals surface area contributed by atoms with Crippen LogP contribution in [-0.4, -0.2) is 28.9 Å². The van der Waals surface area contributed by atoms with Crippen LogP contribution >= 0.6 is 11.3 Å². The van der Waals surface area contributed by atoms with Crippen LogP contribution in [0.3, 0.4) is 0 Å². The molecule has 1 aromatic carbocycles. The van der Waals surface area contributed by atoms with Gasteiger partial charge in [0.2, 0.25) is 0 Å².